The lowest BCUT2D eigenvalue weighted by Crippen LogP contribution is -2.40. The third kappa shape index (κ3) is 1.75. The Morgan fingerprint density at radius 3 is 3.06 bits per heavy atom. The molecule has 0 saturated carbocycles. The molecule has 0 radical (unpaired) electrons. The van der Waals surface area contributed by atoms with Crippen molar-refractivity contribution < 1.29 is 5.11 Å². The summed E-state index contributed by atoms with van der Waals surface area (Å²) in [5.41, 5.74) is 3.10. The van der Waals surface area contributed by atoms with Gasteiger partial charge >= 0.3 is 0 Å². The molecule has 1 aromatic carbocycles. The summed E-state index contributed by atoms with van der Waals surface area (Å²) in [5.74, 6) is 0.418. The number of benzene rings is 1. The predicted octanol–water partition coefficient (Wildman–Crippen LogP) is 2.69. The summed E-state index contributed by atoms with van der Waals surface area (Å²) in [6.45, 7) is 3.58. The van der Waals surface area contributed by atoms with Crippen molar-refractivity contribution in [2.24, 2.45) is 0 Å². The molecule has 0 spiro atoms. The molecule has 1 aliphatic carbocycles. The Morgan fingerprint density at radius 2 is 2.24 bits per heavy atom. The number of hydrogen-bond donors (Lipinski definition) is 1. The Kier molecular flexibility index (Phi) is 2.44. The second-order valence-corrected chi connectivity index (χ2v) is 6.05. The number of fused-ring (bicyclic) bond motifs is 4. The maximum Gasteiger partial charge on any atom is 0.115 e. The highest BCUT2D eigenvalue weighted by Crippen LogP contribution is 2.44. The highest BCUT2D eigenvalue weighted by molar-refractivity contribution is 5.42. The lowest BCUT2D eigenvalue weighted by molar-refractivity contribution is 0.215. The first-order valence-electron chi connectivity index (χ1n) is 6.61. The van der Waals surface area contributed by atoms with E-state index in [9.17, 15) is 5.11 Å². The molecule has 2 nitrogen and oxygen atoms in total. The van der Waals surface area contributed by atoms with Crippen LogP contribution < -0.4 is 0 Å². The van der Waals surface area contributed by atoms with Crippen molar-refractivity contribution in [2.45, 2.75) is 44.1 Å². The first-order valence-corrected chi connectivity index (χ1v) is 6.61. The van der Waals surface area contributed by atoms with E-state index in [2.05, 4.69) is 24.9 Å². The van der Waals surface area contributed by atoms with E-state index in [1.165, 1.54) is 36.9 Å². The molecule has 2 bridgehead atoms. The van der Waals surface area contributed by atoms with E-state index in [-0.39, 0.29) is 5.41 Å². The SMILES string of the molecule is CN1CCCC2(C)CC1Cc1ccc(O)cc12. The number of hydrogen-bond acceptors (Lipinski definition) is 2. The van der Waals surface area contributed by atoms with E-state index >= 15 is 0 Å². The molecule has 92 valence electrons. The quantitative estimate of drug-likeness (QED) is 0.742. The van der Waals surface area contributed by atoms with Gasteiger partial charge in [0.25, 0.3) is 0 Å². The monoisotopic (exact) mass is 231 g/mol. The van der Waals surface area contributed by atoms with Crippen molar-refractivity contribution in [2.75, 3.05) is 13.6 Å². The topological polar surface area (TPSA) is 23.5 Å². The molecule has 2 aliphatic rings. The van der Waals surface area contributed by atoms with Crippen LogP contribution in [0.1, 0.15) is 37.3 Å². The third-order valence-electron chi connectivity index (χ3n) is 4.75. The first-order chi connectivity index (χ1) is 8.08. The Bertz CT molecular complexity index is 443. The molecule has 2 unspecified atom stereocenters. The zero-order valence-corrected chi connectivity index (χ0v) is 10.7. The Balaban J connectivity index is 2.10. The fourth-order valence-electron chi connectivity index (χ4n) is 3.71. The van der Waals surface area contributed by atoms with Crippen molar-refractivity contribution in [1.29, 1.82) is 0 Å². The van der Waals surface area contributed by atoms with Crippen LogP contribution in [0.3, 0.4) is 0 Å². The summed E-state index contributed by atoms with van der Waals surface area (Å²) in [7, 11) is 2.25. The van der Waals surface area contributed by atoms with Crippen LogP contribution in [-0.4, -0.2) is 29.6 Å². The molecule has 0 aromatic heterocycles. The van der Waals surface area contributed by atoms with Gasteiger partial charge < -0.3 is 10.0 Å². The third-order valence-corrected chi connectivity index (χ3v) is 4.75. The molecule has 0 amide bonds. The minimum Gasteiger partial charge on any atom is -0.508 e. The van der Waals surface area contributed by atoms with Gasteiger partial charge in [-0.2, -0.15) is 0 Å². The van der Waals surface area contributed by atoms with E-state index in [4.69, 9.17) is 0 Å². The van der Waals surface area contributed by atoms with Crippen molar-refractivity contribution in [1.82, 2.24) is 4.90 Å². The van der Waals surface area contributed by atoms with Gasteiger partial charge in [0.15, 0.2) is 0 Å². The highest BCUT2D eigenvalue weighted by atomic mass is 16.3. The Labute approximate surface area is 103 Å². The second kappa shape index (κ2) is 3.74. The van der Waals surface area contributed by atoms with Gasteiger partial charge in [0.05, 0.1) is 0 Å². The largest absolute Gasteiger partial charge is 0.508 e. The van der Waals surface area contributed by atoms with E-state index in [0.29, 0.717) is 11.8 Å². The van der Waals surface area contributed by atoms with E-state index < -0.39 is 0 Å². The summed E-state index contributed by atoms with van der Waals surface area (Å²) in [4.78, 5) is 2.51. The molecule has 1 N–H and O–H groups in total. The maximum atomic E-state index is 9.71. The van der Waals surface area contributed by atoms with Crippen LogP contribution in [0.15, 0.2) is 18.2 Å². The van der Waals surface area contributed by atoms with E-state index in [1.807, 2.05) is 12.1 Å². The zero-order chi connectivity index (χ0) is 12.0. The Morgan fingerprint density at radius 1 is 1.41 bits per heavy atom. The molecule has 1 aliphatic heterocycles. The molecular weight excluding hydrogens is 210 g/mol. The lowest BCUT2D eigenvalue weighted by atomic mass is 9.68. The minimum atomic E-state index is 0.266. The van der Waals surface area contributed by atoms with Gasteiger partial charge in [-0.1, -0.05) is 13.0 Å². The number of nitrogens with zero attached hydrogens (tertiary/aromatic N) is 1. The molecule has 1 saturated heterocycles. The van der Waals surface area contributed by atoms with Crippen LogP contribution in [0.5, 0.6) is 5.75 Å². The summed E-state index contributed by atoms with van der Waals surface area (Å²) in [6, 6.07) is 6.63. The fraction of sp³-hybridized carbons (Fsp3) is 0.600. The van der Waals surface area contributed by atoms with E-state index in [1.54, 1.807) is 0 Å². The normalized spacial score (nSPS) is 32.9. The van der Waals surface area contributed by atoms with Crippen LogP contribution in [0.2, 0.25) is 0 Å². The summed E-state index contributed by atoms with van der Waals surface area (Å²) in [6.07, 6.45) is 4.88. The average Bonchev–Trinajstić information content (AvgIpc) is 2.40. The van der Waals surface area contributed by atoms with Crippen molar-refractivity contribution in [3.8, 4) is 5.75 Å². The standard InChI is InChI=1S/C15H21NO/c1-15-6-3-7-16(2)12(10-15)8-11-4-5-13(17)9-14(11)15/h4-5,9,12,17H,3,6-8,10H2,1-2H3. The average molecular weight is 231 g/mol. The minimum absolute atomic E-state index is 0.266. The second-order valence-electron chi connectivity index (χ2n) is 6.05. The van der Waals surface area contributed by atoms with Crippen molar-refractivity contribution >= 4 is 0 Å². The molecule has 2 heteroatoms. The smallest absolute Gasteiger partial charge is 0.115 e. The maximum absolute atomic E-state index is 9.71. The van der Waals surface area contributed by atoms with E-state index in [0.717, 1.165) is 6.42 Å². The molecule has 1 fully saturated rings. The van der Waals surface area contributed by atoms with Gasteiger partial charge in [0.1, 0.15) is 5.75 Å². The van der Waals surface area contributed by atoms with Gasteiger partial charge in [-0.25, -0.2) is 0 Å². The number of rotatable bonds is 0. The number of likely N-dealkylation sites (N-methyl/N-ethyl adjacent to an activating group) is 1. The van der Waals surface area contributed by atoms with Gasteiger partial charge in [-0.3, -0.25) is 0 Å². The van der Waals surface area contributed by atoms with Gasteiger partial charge in [-0.15, -0.1) is 0 Å². The first kappa shape index (κ1) is 11.1. The predicted molar refractivity (Wildman–Crippen MR) is 69.4 cm³/mol. The summed E-state index contributed by atoms with van der Waals surface area (Å²) in [5, 5.41) is 9.71. The van der Waals surface area contributed by atoms with Gasteiger partial charge in [-0.05, 0) is 68.0 Å². The number of aromatic hydroxyl groups is 1. The number of likely N-dealkylation sites (tertiary alicyclic amines) is 1. The fourth-order valence-corrected chi connectivity index (χ4v) is 3.71. The number of phenolic OH excluding ortho intramolecular Hbond substituents is 1. The Hall–Kier alpha value is -1.02. The number of phenols is 1. The summed E-state index contributed by atoms with van der Waals surface area (Å²) >= 11 is 0. The molecule has 2 atom stereocenters. The molecule has 3 rings (SSSR count). The molecule has 17 heavy (non-hydrogen) atoms. The summed E-state index contributed by atoms with van der Waals surface area (Å²) < 4.78 is 0. The highest BCUT2D eigenvalue weighted by Gasteiger charge is 2.39. The van der Waals surface area contributed by atoms with Crippen LogP contribution >= 0.6 is 0 Å². The lowest BCUT2D eigenvalue weighted by Gasteiger charge is -2.40. The molecule has 1 aromatic rings. The van der Waals surface area contributed by atoms with Gasteiger partial charge in [0.2, 0.25) is 0 Å². The van der Waals surface area contributed by atoms with Crippen LogP contribution in [-0.2, 0) is 11.8 Å². The van der Waals surface area contributed by atoms with Gasteiger partial charge in [0, 0.05) is 6.04 Å². The van der Waals surface area contributed by atoms with Crippen molar-refractivity contribution in [3.63, 3.8) is 0 Å². The van der Waals surface area contributed by atoms with Crippen LogP contribution in [0, 0.1) is 0 Å². The zero-order valence-electron chi connectivity index (χ0n) is 10.7. The molecule has 1 heterocycles. The van der Waals surface area contributed by atoms with Crippen LogP contribution in [0.4, 0.5) is 0 Å². The van der Waals surface area contributed by atoms with Crippen LogP contribution in [0.25, 0.3) is 0 Å². The molecular formula is C15H21NO. The van der Waals surface area contributed by atoms with Crippen molar-refractivity contribution in [3.05, 3.63) is 29.3 Å².